The number of nitrogens with two attached hydrogens (primary N) is 1. The molecule has 1 aliphatic rings. The van der Waals surface area contributed by atoms with Crippen LogP contribution in [0.5, 0.6) is 0 Å². The van der Waals surface area contributed by atoms with Crippen molar-refractivity contribution in [2.24, 2.45) is 5.73 Å². The monoisotopic (exact) mass is 237 g/mol. The zero-order valence-electron chi connectivity index (χ0n) is 10.8. The standard InChI is InChI=1S/C17H19N/c1-12-4-2-7-15(10-12)17(18)16-9-8-13-5-3-6-14(13)11-16/h2,4,7-11,17H,3,5-6,18H2,1H3. The molecule has 0 radical (unpaired) electrons. The van der Waals surface area contributed by atoms with Gasteiger partial charge in [0.15, 0.2) is 0 Å². The van der Waals surface area contributed by atoms with Crippen molar-refractivity contribution in [1.82, 2.24) is 0 Å². The predicted octanol–water partition coefficient (Wildman–Crippen LogP) is 3.53. The first-order valence-corrected chi connectivity index (χ1v) is 6.68. The molecule has 92 valence electrons. The second kappa shape index (κ2) is 4.58. The molecule has 1 nitrogen and oxygen atoms in total. The van der Waals surface area contributed by atoms with E-state index < -0.39 is 0 Å². The third-order valence-electron chi connectivity index (χ3n) is 3.88. The first-order chi connectivity index (χ1) is 8.74. The van der Waals surface area contributed by atoms with Crippen molar-refractivity contribution in [3.8, 4) is 0 Å². The Balaban J connectivity index is 1.95. The number of fused-ring (bicyclic) bond motifs is 1. The Morgan fingerprint density at radius 3 is 2.56 bits per heavy atom. The molecule has 2 N–H and O–H groups in total. The van der Waals surface area contributed by atoms with E-state index in [0.29, 0.717) is 0 Å². The molecule has 1 heteroatoms. The van der Waals surface area contributed by atoms with Crippen LogP contribution in [-0.4, -0.2) is 0 Å². The minimum atomic E-state index is -0.00389. The molecule has 2 aromatic rings. The first-order valence-electron chi connectivity index (χ1n) is 6.68. The van der Waals surface area contributed by atoms with Crippen LogP contribution in [0.2, 0.25) is 0 Å². The van der Waals surface area contributed by atoms with Crippen molar-refractivity contribution in [3.63, 3.8) is 0 Å². The number of hydrogen-bond donors (Lipinski definition) is 1. The van der Waals surface area contributed by atoms with Gasteiger partial charge in [-0.05, 0) is 48.4 Å². The molecule has 1 unspecified atom stereocenters. The molecular weight excluding hydrogens is 218 g/mol. The maximum absolute atomic E-state index is 6.38. The van der Waals surface area contributed by atoms with E-state index in [1.807, 2.05) is 0 Å². The molecule has 18 heavy (non-hydrogen) atoms. The first kappa shape index (κ1) is 11.5. The van der Waals surface area contributed by atoms with Gasteiger partial charge < -0.3 is 5.73 Å². The van der Waals surface area contributed by atoms with Crippen LogP contribution in [0.15, 0.2) is 42.5 Å². The smallest absolute Gasteiger partial charge is 0.0551 e. The molecule has 0 fully saturated rings. The second-order valence-electron chi connectivity index (χ2n) is 5.27. The van der Waals surface area contributed by atoms with Gasteiger partial charge in [0, 0.05) is 0 Å². The lowest BCUT2D eigenvalue weighted by Gasteiger charge is -2.14. The number of aryl methyl sites for hydroxylation is 3. The summed E-state index contributed by atoms with van der Waals surface area (Å²) >= 11 is 0. The van der Waals surface area contributed by atoms with Crippen LogP contribution in [0.25, 0.3) is 0 Å². The van der Waals surface area contributed by atoms with Gasteiger partial charge in [-0.3, -0.25) is 0 Å². The molecule has 0 spiro atoms. The van der Waals surface area contributed by atoms with Crippen LogP contribution in [0.1, 0.15) is 40.3 Å². The van der Waals surface area contributed by atoms with Crippen molar-refractivity contribution in [1.29, 1.82) is 0 Å². The predicted molar refractivity (Wildman–Crippen MR) is 75.7 cm³/mol. The Bertz CT molecular complexity index is 572. The summed E-state index contributed by atoms with van der Waals surface area (Å²) in [5.41, 5.74) is 13.1. The minimum absolute atomic E-state index is 0.00389. The molecule has 0 amide bonds. The van der Waals surface area contributed by atoms with Gasteiger partial charge in [0.2, 0.25) is 0 Å². The highest BCUT2D eigenvalue weighted by atomic mass is 14.6. The second-order valence-corrected chi connectivity index (χ2v) is 5.27. The number of rotatable bonds is 2. The molecule has 0 aliphatic heterocycles. The highest BCUT2D eigenvalue weighted by Crippen LogP contribution is 2.27. The molecule has 1 aliphatic carbocycles. The summed E-state index contributed by atoms with van der Waals surface area (Å²) in [6, 6.07) is 15.2. The topological polar surface area (TPSA) is 26.0 Å². The van der Waals surface area contributed by atoms with E-state index in [0.717, 1.165) is 0 Å². The molecule has 0 saturated heterocycles. The summed E-state index contributed by atoms with van der Waals surface area (Å²) < 4.78 is 0. The summed E-state index contributed by atoms with van der Waals surface area (Å²) in [4.78, 5) is 0. The lowest BCUT2D eigenvalue weighted by molar-refractivity contribution is 0.865. The summed E-state index contributed by atoms with van der Waals surface area (Å²) in [7, 11) is 0. The quantitative estimate of drug-likeness (QED) is 0.849. The van der Waals surface area contributed by atoms with Gasteiger partial charge in [-0.1, -0.05) is 48.0 Å². The van der Waals surface area contributed by atoms with E-state index in [4.69, 9.17) is 5.73 Å². The largest absolute Gasteiger partial charge is 0.320 e. The number of benzene rings is 2. The van der Waals surface area contributed by atoms with Crippen molar-refractivity contribution >= 4 is 0 Å². The molecule has 0 heterocycles. The Morgan fingerprint density at radius 2 is 1.72 bits per heavy atom. The number of hydrogen-bond acceptors (Lipinski definition) is 1. The van der Waals surface area contributed by atoms with Gasteiger partial charge in [-0.25, -0.2) is 0 Å². The summed E-state index contributed by atoms with van der Waals surface area (Å²) in [5, 5.41) is 0. The van der Waals surface area contributed by atoms with E-state index in [1.165, 1.54) is 47.1 Å². The molecule has 0 saturated carbocycles. The van der Waals surface area contributed by atoms with Crippen LogP contribution in [0.4, 0.5) is 0 Å². The van der Waals surface area contributed by atoms with Crippen LogP contribution in [-0.2, 0) is 12.8 Å². The van der Waals surface area contributed by atoms with E-state index in [2.05, 4.69) is 49.4 Å². The Kier molecular flexibility index (Phi) is 2.92. The van der Waals surface area contributed by atoms with E-state index >= 15 is 0 Å². The maximum atomic E-state index is 6.38. The Labute approximate surface area is 109 Å². The van der Waals surface area contributed by atoms with Crippen molar-refractivity contribution in [3.05, 3.63) is 70.3 Å². The summed E-state index contributed by atoms with van der Waals surface area (Å²) in [6.45, 7) is 2.11. The molecular formula is C17H19N. The van der Waals surface area contributed by atoms with Gasteiger partial charge in [0.25, 0.3) is 0 Å². The van der Waals surface area contributed by atoms with Crippen LogP contribution in [0.3, 0.4) is 0 Å². The Morgan fingerprint density at radius 1 is 0.944 bits per heavy atom. The van der Waals surface area contributed by atoms with Crippen LogP contribution >= 0.6 is 0 Å². The van der Waals surface area contributed by atoms with Gasteiger partial charge >= 0.3 is 0 Å². The molecule has 1 atom stereocenters. The molecule has 3 rings (SSSR count). The minimum Gasteiger partial charge on any atom is -0.320 e. The average molecular weight is 237 g/mol. The molecule has 2 aromatic carbocycles. The average Bonchev–Trinajstić information content (AvgIpc) is 2.85. The van der Waals surface area contributed by atoms with Gasteiger partial charge in [0.05, 0.1) is 6.04 Å². The van der Waals surface area contributed by atoms with E-state index in [-0.39, 0.29) is 6.04 Å². The van der Waals surface area contributed by atoms with Gasteiger partial charge in [-0.15, -0.1) is 0 Å². The fourth-order valence-corrected chi connectivity index (χ4v) is 2.84. The molecule has 0 bridgehead atoms. The fraction of sp³-hybridized carbons (Fsp3) is 0.294. The zero-order chi connectivity index (χ0) is 12.5. The normalized spacial score (nSPS) is 15.4. The van der Waals surface area contributed by atoms with Crippen LogP contribution in [0, 0.1) is 6.92 Å². The van der Waals surface area contributed by atoms with Gasteiger partial charge in [0.1, 0.15) is 0 Å². The summed E-state index contributed by atoms with van der Waals surface area (Å²) in [5.74, 6) is 0. The Hall–Kier alpha value is -1.60. The SMILES string of the molecule is Cc1cccc(C(N)c2ccc3c(c2)CCC3)c1. The third-order valence-corrected chi connectivity index (χ3v) is 3.88. The highest BCUT2D eigenvalue weighted by Gasteiger charge is 2.14. The maximum Gasteiger partial charge on any atom is 0.0551 e. The third kappa shape index (κ3) is 2.06. The van der Waals surface area contributed by atoms with Crippen molar-refractivity contribution < 1.29 is 0 Å². The van der Waals surface area contributed by atoms with E-state index in [1.54, 1.807) is 0 Å². The van der Waals surface area contributed by atoms with Gasteiger partial charge in [-0.2, -0.15) is 0 Å². The lowest BCUT2D eigenvalue weighted by atomic mass is 9.95. The van der Waals surface area contributed by atoms with E-state index in [9.17, 15) is 0 Å². The highest BCUT2D eigenvalue weighted by molar-refractivity contribution is 5.40. The summed E-state index contributed by atoms with van der Waals surface area (Å²) in [6.07, 6.45) is 3.73. The van der Waals surface area contributed by atoms with Crippen LogP contribution < -0.4 is 5.73 Å². The zero-order valence-corrected chi connectivity index (χ0v) is 10.8. The van der Waals surface area contributed by atoms with Crippen molar-refractivity contribution in [2.45, 2.75) is 32.2 Å². The lowest BCUT2D eigenvalue weighted by Crippen LogP contribution is -2.12. The fourth-order valence-electron chi connectivity index (χ4n) is 2.84. The van der Waals surface area contributed by atoms with Crippen molar-refractivity contribution in [2.75, 3.05) is 0 Å². The molecule has 0 aromatic heterocycles.